The first-order valence-electron chi connectivity index (χ1n) is 9.57. The van der Waals surface area contributed by atoms with Crippen molar-refractivity contribution in [2.75, 3.05) is 4.90 Å². The van der Waals surface area contributed by atoms with E-state index in [-0.39, 0.29) is 11.1 Å². The number of nitrogens with zero attached hydrogens (tertiary/aromatic N) is 2. The summed E-state index contributed by atoms with van der Waals surface area (Å²) in [5, 5.41) is 0.157. The number of aryl methyl sites for hydroxylation is 3. The minimum Gasteiger partial charge on any atom is -0.317 e. The second-order valence-corrected chi connectivity index (χ2v) is 8.83. The van der Waals surface area contributed by atoms with Crippen LogP contribution in [-0.2, 0) is 4.79 Å². The average molecular weight is 437 g/mol. The molecule has 0 bridgehead atoms. The Hall–Kier alpha value is -2.76. The van der Waals surface area contributed by atoms with Crippen LogP contribution < -0.4 is 4.90 Å². The van der Waals surface area contributed by atoms with Crippen molar-refractivity contribution < 1.29 is 9.59 Å². The summed E-state index contributed by atoms with van der Waals surface area (Å²) in [5.41, 5.74) is 7.03. The molecule has 0 aliphatic carbocycles. The Morgan fingerprint density at radius 2 is 1.60 bits per heavy atom. The second-order valence-electron chi connectivity index (χ2n) is 7.40. The first kappa shape index (κ1) is 20.5. The monoisotopic (exact) mass is 436 g/mol. The molecule has 30 heavy (non-hydrogen) atoms. The van der Waals surface area contributed by atoms with Crippen molar-refractivity contribution in [1.29, 1.82) is 0 Å². The van der Waals surface area contributed by atoms with Gasteiger partial charge >= 0.3 is 0 Å². The summed E-state index contributed by atoms with van der Waals surface area (Å²) in [6.45, 7) is 8.27. The Morgan fingerprint density at radius 3 is 2.27 bits per heavy atom. The average Bonchev–Trinajstić information content (AvgIpc) is 3.11. The molecule has 0 unspecified atom stereocenters. The molecule has 1 fully saturated rings. The van der Waals surface area contributed by atoms with Crippen LogP contribution >= 0.6 is 23.4 Å². The molecule has 0 saturated carbocycles. The molecule has 3 aromatic rings. The van der Waals surface area contributed by atoms with Crippen LogP contribution in [0.1, 0.15) is 28.1 Å². The van der Waals surface area contributed by atoms with Gasteiger partial charge < -0.3 is 4.57 Å². The van der Waals surface area contributed by atoms with E-state index < -0.39 is 0 Å². The maximum atomic E-state index is 13.0. The lowest BCUT2D eigenvalue weighted by atomic mass is 10.1. The number of amides is 2. The fourth-order valence-electron chi connectivity index (χ4n) is 3.88. The number of aromatic nitrogens is 1. The zero-order valence-corrected chi connectivity index (χ0v) is 18.8. The van der Waals surface area contributed by atoms with Gasteiger partial charge in [-0.25, -0.2) is 4.90 Å². The van der Waals surface area contributed by atoms with Crippen molar-refractivity contribution >= 4 is 46.3 Å². The molecule has 1 saturated heterocycles. The van der Waals surface area contributed by atoms with Gasteiger partial charge in [0.25, 0.3) is 11.1 Å². The van der Waals surface area contributed by atoms with Gasteiger partial charge in [0.15, 0.2) is 0 Å². The van der Waals surface area contributed by atoms with Crippen LogP contribution in [0.2, 0.25) is 5.02 Å². The van der Waals surface area contributed by atoms with E-state index in [1.807, 2.05) is 19.9 Å². The van der Waals surface area contributed by atoms with Crippen molar-refractivity contribution in [3.05, 3.63) is 86.5 Å². The lowest BCUT2D eigenvalue weighted by molar-refractivity contribution is -0.113. The number of hydrogen-bond acceptors (Lipinski definition) is 3. The lowest BCUT2D eigenvalue weighted by Gasteiger charge is -2.15. The summed E-state index contributed by atoms with van der Waals surface area (Å²) in [7, 11) is 0. The fourth-order valence-corrected chi connectivity index (χ4v) is 4.90. The number of carbonyl (C=O) groups is 2. The first-order chi connectivity index (χ1) is 14.3. The third kappa shape index (κ3) is 3.48. The molecule has 0 radical (unpaired) electrons. The Labute approximate surface area is 185 Å². The first-order valence-corrected chi connectivity index (χ1v) is 10.8. The number of imide groups is 1. The summed E-state index contributed by atoms with van der Waals surface area (Å²) in [6.07, 6.45) is 1.81. The normalized spacial score (nSPS) is 15.5. The highest BCUT2D eigenvalue weighted by molar-refractivity contribution is 8.19. The molecule has 0 spiro atoms. The standard InChI is InChI=1S/C24H21ClN2O2S/c1-14-7-5-8-15(2)22(14)26-16(3)11-18(17(26)4)12-21-23(28)27(24(29)30-21)20-10-6-9-19(25)13-20/h5-13H,1-4H3/b21-12+. The minimum absolute atomic E-state index is 0.322. The zero-order chi connectivity index (χ0) is 21.6. The summed E-state index contributed by atoms with van der Waals surface area (Å²) in [6, 6.07) is 15.1. The molecule has 2 heterocycles. The molecule has 1 aliphatic heterocycles. The van der Waals surface area contributed by atoms with Gasteiger partial charge in [0.1, 0.15) is 0 Å². The van der Waals surface area contributed by atoms with Crippen LogP contribution in [-0.4, -0.2) is 15.7 Å². The molecule has 4 nitrogen and oxygen atoms in total. The van der Waals surface area contributed by atoms with Crippen LogP contribution in [0.25, 0.3) is 11.8 Å². The van der Waals surface area contributed by atoms with Crippen LogP contribution in [0.3, 0.4) is 0 Å². The lowest BCUT2D eigenvalue weighted by Crippen LogP contribution is -2.27. The van der Waals surface area contributed by atoms with Crippen molar-refractivity contribution in [3.63, 3.8) is 0 Å². The van der Waals surface area contributed by atoms with E-state index in [0.717, 1.165) is 34.4 Å². The third-order valence-corrected chi connectivity index (χ3v) is 6.38. The van der Waals surface area contributed by atoms with Gasteiger partial charge in [0, 0.05) is 16.4 Å². The molecule has 2 aromatic carbocycles. The summed E-state index contributed by atoms with van der Waals surface area (Å²) >= 11 is 6.99. The quantitative estimate of drug-likeness (QED) is 0.434. The fraction of sp³-hybridized carbons (Fsp3) is 0.167. The molecular formula is C24H21ClN2O2S. The molecule has 4 rings (SSSR count). The van der Waals surface area contributed by atoms with Gasteiger partial charge in [-0.3, -0.25) is 9.59 Å². The number of halogens is 1. The highest BCUT2D eigenvalue weighted by atomic mass is 35.5. The highest BCUT2D eigenvalue weighted by Gasteiger charge is 2.36. The van der Waals surface area contributed by atoms with Crippen LogP contribution in [0.15, 0.2) is 53.4 Å². The zero-order valence-electron chi connectivity index (χ0n) is 17.2. The van der Waals surface area contributed by atoms with E-state index in [1.165, 1.54) is 16.0 Å². The van der Waals surface area contributed by atoms with Crippen LogP contribution in [0, 0.1) is 27.7 Å². The SMILES string of the molecule is Cc1cccc(C)c1-n1c(C)cc(/C=C2/SC(=O)N(c3cccc(Cl)c3)C2=O)c1C. The van der Waals surface area contributed by atoms with Gasteiger partial charge in [-0.05, 0) is 86.5 Å². The van der Waals surface area contributed by atoms with Gasteiger partial charge in [-0.2, -0.15) is 0 Å². The maximum absolute atomic E-state index is 13.0. The van der Waals surface area contributed by atoms with Crippen molar-refractivity contribution in [2.24, 2.45) is 0 Å². The Balaban J connectivity index is 1.75. The number of hydrogen-bond donors (Lipinski definition) is 0. The van der Waals surface area contributed by atoms with E-state index in [9.17, 15) is 9.59 Å². The highest BCUT2D eigenvalue weighted by Crippen LogP contribution is 2.37. The smallest absolute Gasteiger partial charge is 0.298 e. The Morgan fingerprint density at radius 1 is 0.933 bits per heavy atom. The van der Waals surface area contributed by atoms with E-state index in [4.69, 9.17) is 11.6 Å². The number of benzene rings is 2. The number of para-hydroxylation sites is 1. The predicted molar refractivity (Wildman–Crippen MR) is 125 cm³/mol. The van der Waals surface area contributed by atoms with Crippen LogP contribution in [0.5, 0.6) is 0 Å². The Bertz CT molecular complexity index is 1210. The van der Waals surface area contributed by atoms with Crippen LogP contribution in [0.4, 0.5) is 10.5 Å². The summed E-state index contributed by atoms with van der Waals surface area (Å²) < 4.78 is 2.21. The maximum Gasteiger partial charge on any atom is 0.298 e. The molecule has 0 N–H and O–H groups in total. The molecular weight excluding hydrogens is 416 g/mol. The third-order valence-electron chi connectivity index (χ3n) is 5.28. The minimum atomic E-state index is -0.329. The largest absolute Gasteiger partial charge is 0.317 e. The van der Waals surface area contributed by atoms with Gasteiger partial charge in [0.2, 0.25) is 0 Å². The van der Waals surface area contributed by atoms with Crippen molar-refractivity contribution in [1.82, 2.24) is 4.57 Å². The second kappa shape index (κ2) is 7.82. The summed E-state index contributed by atoms with van der Waals surface area (Å²) in [4.78, 5) is 27.1. The number of anilines is 1. The number of carbonyl (C=O) groups excluding carboxylic acids is 2. The molecule has 0 atom stereocenters. The molecule has 1 aromatic heterocycles. The molecule has 6 heteroatoms. The van der Waals surface area contributed by atoms with Crippen molar-refractivity contribution in [2.45, 2.75) is 27.7 Å². The topological polar surface area (TPSA) is 42.3 Å². The van der Waals surface area contributed by atoms with Crippen molar-refractivity contribution in [3.8, 4) is 5.69 Å². The summed E-state index contributed by atoms with van der Waals surface area (Å²) in [5.74, 6) is -0.329. The van der Waals surface area contributed by atoms with Gasteiger partial charge in [-0.15, -0.1) is 0 Å². The van der Waals surface area contributed by atoms with E-state index in [1.54, 1.807) is 24.3 Å². The van der Waals surface area contributed by atoms with E-state index in [0.29, 0.717) is 15.6 Å². The molecule has 152 valence electrons. The number of rotatable bonds is 3. The molecule has 1 aliphatic rings. The van der Waals surface area contributed by atoms with Gasteiger partial charge in [0.05, 0.1) is 16.3 Å². The van der Waals surface area contributed by atoms with Gasteiger partial charge in [-0.1, -0.05) is 35.9 Å². The predicted octanol–water partition coefficient (Wildman–Crippen LogP) is 6.61. The number of thioether (sulfide) groups is 1. The van der Waals surface area contributed by atoms with E-state index in [2.05, 4.69) is 42.7 Å². The molecule has 2 amide bonds. The van der Waals surface area contributed by atoms with E-state index >= 15 is 0 Å². The Kier molecular flexibility index (Phi) is 5.35.